The summed E-state index contributed by atoms with van der Waals surface area (Å²) in [6, 6.07) is 0. The van der Waals surface area contributed by atoms with E-state index in [9.17, 15) is 5.11 Å². The number of aliphatic imine (C=N–C) groups is 1. The van der Waals surface area contributed by atoms with E-state index in [2.05, 4.69) is 11.9 Å². The van der Waals surface area contributed by atoms with Gasteiger partial charge in [0.1, 0.15) is 0 Å². The maximum atomic E-state index is 9.59. The Labute approximate surface area is 111 Å². The van der Waals surface area contributed by atoms with Crippen LogP contribution in [-0.2, 0) is 4.74 Å². The van der Waals surface area contributed by atoms with Gasteiger partial charge >= 0.3 is 0 Å². The van der Waals surface area contributed by atoms with Crippen LogP contribution in [-0.4, -0.2) is 43.3 Å². The molecule has 0 rings (SSSR count). The van der Waals surface area contributed by atoms with Crippen LogP contribution in [0.15, 0.2) is 28.9 Å². The smallest absolute Gasteiger partial charge is 0.177 e. The summed E-state index contributed by atoms with van der Waals surface area (Å²) in [4.78, 5) is 6.22. The molecule has 0 aliphatic carbocycles. The van der Waals surface area contributed by atoms with E-state index in [4.69, 9.17) is 4.74 Å². The zero-order chi connectivity index (χ0) is 13.8. The first kappa shape index (κ1) is 16.9. The second kappa shape index (κ2) is 11.0. The molecule has 0 fully saturated rings. The van der Waals surface area contributed by atoms with Gasteiger partial charge in [-0.25, -0.2) is 4.99 Å². The third-order valence-electron chi connectivity index (χ3n) is 2.39. The number of aliphatic hydroxyl groups excluding tert-OH is 1. The molecule has 0 spiro atoms. The highest BCUT2D eigenvalue weighted by Crippen LogP contribution is 2.10. The number of hydrogen-bond acceptors (Lipinski definition) is 3. The largest absolute Gasteiger partial charge is 0.366 e. The predicted molar refractivity (Wildman–Crippen MR) is 76.6 cm³/mol. The van der Waals surface area contributed by atoms with E-state index in [1.807, 2.05) is 31.0 Å². The molecule has 0 saturated heterocycles. The summed E-state index contributed by atoms with van der Waals surface area (Å²) >= 11 is 0. The normalized spacial score (nSPS) is 14.6. The lowest BCUT2D eigenvalue weighted by molar-refractivity contribution is -0.0459. The number of allylic oxidation sites excluding steroid dienone is 2. The van der Waals surface area contributed by atoms with Gasteiger partial charge in [-0.1, -0.05) is 26.0 Å². The number of hydrogen-bond donors (Lipinski definition) is 1. The molecule has 0 radical (unpaired) electrons. The number of rotatable bonds is 9. The molecule has 1 atom stereocenters. The fraction of sp³-hybridized carbons (Fsp3) is 0.643. The first-order valence-electron chi connectivity index (χ1n) is 6.44. The zero-order valence-corrected chi connectivity index (χ0v) is 12.0. The first-order chi connectivity index (χ1) is 8.65. The minimum Gasteiger partial charge on any atom is -0.366 e. The molecule has 0 amide bonds. The van der Waals surface area contributed by atoms with Gasteiger partial charge in [0.15, 0.2) is 6.29 Å². The highest BCUT2D eigenvalue weighted by Gasteiger charge is 2.06. The van der Waals surface area contributed by atoms with Gasteiger partial charge in [0, 0.05) is 26.9 Å². The molecule has 4 heteroatoms. The van der Waals surface area contributed by atoms with Crippen molar-refractivity contribution in [2.24, 2.45) is 4.99 Å². The van der Waals surface area contributed by atoms with Gasteiger partial charge in [0.25, 0.3) is 0 Å². The maximum Gasteiger partial charge on any atom is 0.177 e. The van der Waals surface area contributed by atoms with Crippen LogP contribution in [0.4, 0.5) is 0 Å². The highest BCUT2D eigenvalue weighted by atomic mass is 16.6. The Hall–Kier alpha value is -1.13. The zero-order valence-electron chi connectivity index (χ0n) is 12.0. The SMILES string of the molecule is CC/C=C(\CC=C/N=C\N(C)CCC)C(O)OC. The minimum absolute atomic E-state index is 0.650. The van der Waals surface area contributed by atoms with Crippen molar-refractivity contribution in [2.45, 2.75) is 39.4 Å². The van der Waals surface area contributed by atoms with Crippen LogP contribution < -0.4 is 0 Å². The molecule has 0 heterocycles. The van der Waals surface area contributed by atoms with E-state index in [1.165, 1.54) is 7.11 Å². The molecular weight excluding hydrogens is 228 g/mol. The van der Waals surface area contributed by atoms with Gasteiger partial charge in [-0.05, 0) is 24.8 Å². The Kier molecular flexibility index (Phi) is 10.3. The Morgan fingerprint density at radius 2 is 2.17 bits per heavy atom. The third kappa shape index (κ3) is 8.03. The molecule has 0 bridgehead atoms. The van der Waals surface area contributed by atoms with Gasteiger partial charge in [-0.2, -0.15) is 0 Å². The number of ether oxygens (including phenoxy) is 1. The lowest BCUT2D eigenvalue weighted by Crippen LogP contribution is -2.16. The van der Waals surface area contributed by atoms with Crippen LogP contribution >= 0.6 is 0 Å². The van der Waals surface area contributed by atoms with Crippen LogP contribution in [0.2, 0.25) is 0 Å². The second-order valence-corrected chi connectivity index (χ2v) is 4.11. The Morgan fingerprint density at radius 1 is 1.44 bits per heavy atom. The van der Waals surface area contributed by atoms with E-state index < -0.39 is 6.29 Å². The van der Waals surface area contributed by atoms with E-state index >= 15 is 0 Å². The van der Waals surface area contributed by atoms with Gasteiger partial charge < -0.3 is 14.7 Å². The summed E-state index contributed by atoms with van der Waals surface area (Å²) in [6.45, 7) is 5.17. The quantitative estimate of drug-likeness (QED) is 0.298. The summed E-state index contributed by atoms with van der Waals surface area (Å²) in [7, 11) is 3.49. The summed E-state index contributed by atoms with van der Waals surface area (Å²) in [6.07, 6.45) is 9.26. The van der Waals surface area contributed by atoms with Crippen LogP contribution in [0.25, 0.3) is 0 Å². The monoisotopic (exact) mass is 254 g/mol. The standard InChI is InChI=1S/C14H26N2O2/c1-5-8-13(14(17)18-4)9-7-10-15-12-16(3)11-6-2/h7-8,10,12,14,17H,5-6,9,11H2,1-4H3/b10-7?,13-8+,15-12-. The molecule has 0 aliphatic rings. The van der Waals surface area contributed by atoms with Crippen molar-refractivity contribution in [1.29, 1.82) is 0 Å². The number of aliphatic hydroxyl groups is 1. The van der Waals surface area contributed by atoms with E-state index in [0.29, 0.717) is 6.42 Å². The average Bonchev–Trinajstić information content (AvgIpc) is 2.36. The molecule has 1 N–H and O–H groups in total. The van der Waals surface area contributed by atoms with Crippen molar-refractivity contribution in [2.75, 3.05) is 20.7 Å². The Morgan fingerprint density at radius 3 is 2.72 bits per heavy atom. The molecule has 0 aliphatic heterocycles. The average molecular weight is 254 g/mol. The van der Waals surface area contributed by atoms with E-state index in [-0.39, 0.29) is 0 Å². The maximum absolute atomic E-state index is 9.59. The molecule has 1 unspecified atom stereocenters. The van der Waals surface area contributed by atoms with Gasteiger partial charge in [-0.3, -0.25) is 0 Å². The Balaban J connectivity index is 4.16. The summed E-state index contributed by atoms with van der Waals surface area (Å²) in [5.41, 5.74) is 0.869. The topological polar surface area (TPSA) is 45.1 Å². The number of nitrogens with zero attached hydrogens (tertiary/aromatic N) is 2. The molecule has 0 saturated carbocycles. The van der Waals surface area contributed by atoms with Crippen molar-refractivity contribution in [3.05, 3.63) is 23.9 Å². The van der Waals surface area contributed by atoms with Crippen LogP contribution in [0.1, 0.15) is 33.1 Å². The van der Waals surface area contributed by atoms with Crippen molar-refractivity contribution >= 4 is 6.34 Å². The molecule has 104 valence electrons. The molecule has 0 aromatic heterocycles. The number of methoxy groups -OCH3 is 1. The third-order valence-corrected chi connectivity index (χ3v) is 2.39. The summed E-state index contributed by atoms with van der Waals surface area (Å²) in [5, 5.41) is 9.59. The van der Waals surface area contributed by atoms with Gasteiger partial charge in [0.05, 0.1) is 6.34 Å². The van der Waals surface area contributed by atoms with Gasteiger partial charge in [-0.15, -0.1) is 0 Å². The lowest BCUT2D eigenvalue weighted by atomic mass is 10.1. The van der Waals surface area contributed by atoms with Crippen molar-refractivity contribution in [3.8, 4) is 0 Å². The van der Waals surface area contributed by atoms with Crippen molar-refractivity contribution in [1.82, 2.24) is 4.90 Å². The Bertz CT molecular complexity index is 286. The van der Waals surface area contributed by atoms with Crippen molar-refractivity contribution < 1.29 is 9.84 Å². The summed E-state index contributed by atoms with van der Waals surface area (Å²) in [5.74, 6) is 0. The van der Waals surface area contributed by atoms with Crippen LogP contribution in [0, 0.1) is 0 Å². The van der Waals surface area contributed by atoms with Crippen LogP contribution in [0.3, 0.4) is 0 Å². The molecule has 4 nitrogen and oxygen atoms in total. The van der Waals surface area contributed by atoms with Crippen molar-refractivity contribution in [3.63, 3.8) is 0 Å². The van der Waals surface area contributed by atoms with Crippen LogP contribution in [0.5, 0.6) is 0 Å². The lowest BCUT2D eigenvalue weighted by Gasteiger charge is -2.11. The molecular formula is C14H26N2O2. The molecule has 0 aromatic rings. The molecule has 0 aromatic carbocycles. The minimum atomic E-state index is -0.818. The van der Waals surface area contributed by atoms with E-state index in [0.717, 1.165) is 25.0 Å². The van der Waals surface area contributed by atoms with E-state index in [1.54, 1.807) is 12.5 Å². The summed E-state index contributed by atoms with van der Waals surface area (Å²) < 4.78 is 4.90. The second-order valence-electron chi connectivity index (χ2n) is 4.11. The van der Waals surface area contributed by atoms with Gasteiger partial charge in [0.2, 0.25) is 0 Å². The predicted octanol–water partition coefficient (Wildman–Crippen LogP) is 2.56. The fourth-order valence-corrected chi connectivity index (χ4v) is 1.51. The first-order valence-corrected chi connectivity index (χ1v) is 6.44. The molecule has 18 heavy (non-hydrogen) atoms. The highest BCUT2D eigenvalue weighted by molar-refractivity contribution is 5.55. The fourth-order valence-electron chi connectivity index (χ4n) is 1.51.